The van der Waals surface area contributed by atoms with Crippen LogP contribution in [0, 0.1) is 0 Å². The Bertz CT molecular complexity index is 994. The van der Waals surface area contributed by atoms with Crippen molar-refractivity contribution in [2.75, 3.05) is 32.4 Å². The fraction of sp³-hybridized carbons (Fsp3) is 0.350. The number of carbonyl (C=O) groups is 1. The molecular weight excluding hydrogens is 412 g/mol. The van der Waals surface area contributed by atoms with Crippen molar-refractivity contribution >= 4 is 21.6 Å². The zero-order valence-electron chi connectivity index (χ0n) is 16.7. The number of carbonyl (C=O) groups excluding carboxylic acids is 1. The Labute approximate surface area is 175 Å². The summed E-state index contributed by atoms with van der Waals surface area (Å²) in [6.45, 7) is 2.26. The van der Waals surface area contributed by atoms with E-state index in [0.717, 1.165) is 0 Å². The van der Waals surface area contributed by atoms with Gasteiger partial charge in [0.05, 0.1) is 12.4 Å². The highest BCUT2D eigenvalue weighted by Crippen LogP contribution is 2.35. The minimum atomic E-state index is -3.50. The van der Waals surface area contributed by atoms with Gasteiger partial charge in [-0.25, -0.2) is 13.1 Å². The van der Waals surface area contributed by atoms with E-state index in [9.17, 15) is 13.2 Å². The number of fused-ring (bicyclic) bond motifs is 1. The predicted octanol–water partition coefficient (Wildman–Crippen LogP) is 1.89. The summed E-state index contributed by atoms with van der Waals surface area (Å²) in [5.74, 6) is 1.09. The summed E-state index contributed by atoms with van der Waals surface area (Å²) < 4.78 is 47.7. The van der Waals surface area contributed by atoms with E-state index in [2.05, 4.69) is 10.0 Å². The van der Waals surface area contributed by atoms with E-state index < -0.39 is 16.1 Å². The second kappa shape index (κ2) is 9.79. The Morgan fingerprint density at radius 1 is 1.17 bits per heavy atom. The lowest BCUT2D eigenvalue weighted by molar-refractivity contribution is -0.122. The van der Waals surface area contributed by atoms with Crippen LogP contribution in [0.25, 0.3) is 0 Å². The van der Waals surface area contributed by atoms with Gasteiger partial charge in [-0.2, -0.15) is 0 Å². The SMILES string of the molecule is COCCNS(=O)(=O)Cc1cccc(NC(=O)[C@@H](C)Oc2ccc3c(c2)OCO3)c1. The number of benzene rings is 2. The van der Waals surface area contributed by atoms with Crippen molar-refractivity contribution in [2.45, 2.75) is 18.8 Å². The van der Waals surface area contributed by atoms with Crippen LogP contribution >= 0.6 is 0 Å². The molecule has 9 nitrogen and oxygen atoms in total. The summed E-state index contributed by atoms with van der Waals surface area (Å²) in [7, 11) is -2.01. The minimum absolute atomic E-state index is 0.156. The van der Waals surface area contributed by atoms with E-state index in [0.29, 0.717) is 28.5 Å². The number of hydrogen-bond donors (Lipinski definition) is 2. The largest absolute Gasteiger partial charge is 0.481 e. The Balaban J connectivity index is 1.57. The van der Waals surface area contributed by atoms with Crippen molar-refractivity contribution in [1.29, 1.82) is 0 Å². The van der Waals surface area contributed by atoms with E-state index in [1.165, 1.54) is 7.11 Å². The van der Waals surface area contributed by atoms with Crippen molar-refractivity contribution in [3.63, 3.8) is 0 Å². The first-order chi connectivity index (χ1) is 14.4. The van der Waals surface area contributed by atoms with Gasteiger partial charge in [-0.3, -0.25) is 4.79 Å². The lowest BCUT2D eigenvalue weighted by Crippen LogP contribution is -2.30. The van der Waals surface area contributed by atoms with Gasteiger partial charge in [0.1, 0.15) is 5.75 Å². The van der Waals surface area contributed by atoms with Crippen LogP contribution in [0.1, 0.15) is 12.5 Å². The van der Waals surface area contributed by atoms with Gasteiger partial charge in [0.25, 0.3) is 5.91 Å². The topological polar surface area (TPSA) is 112 Å². The number of nitrogens with one attached hydrogen (secondary N) is 2. The number of methoxy groups -OCH3 is 1. The Kier molecular flexibility index (Phi) is 7.14. The summed E-state index contributed by atoms with van der Waals surface area (Å²) >= 11 is 0. The number of sulfonamides is 1. The Hall–Kier alpha value is -2.82. The molecule has 0 aliphatic carbocycles. The zero-order valence-corrected chi connectivity index (χ0v) is 17.5. The normalized spacial score (nSPS) is 13.7. The molecule has 0 aromatic heterocycles. The van der Waals surface area contributed by atoms with Crippen LogP contribution in [0.15, 0.2) is 42.5 Å². The molecule has 2 aromatic rings. The summed E-state index contributed by atoms with van der Waals surface area (Å²) in [6, 6.07) is 11.7. The average Bonchev–Trinajstić information content (AvgIpc) is 3.15. The van der Waals surface area contributed by atoms with Crippen LogP contribution in [0.3, 0.4) is 0 Å². The van der Waals surface area contributed by atoms with Crippen molar-refractivity contribution in [1.82, 2.24) is 4.72 Å². The molecule has 10 heteroatoms. The van der Waals surface area contributed by atoms with Crippen LogP contribution < -0.4 is 24.2 Å². The number of ether oxygens (including phenoxy) is 4. The molecule has 1 amide bonds. The third-order valence-electron chi connectivity index (χ3n) is 4.21. The molecule has 2 aromatic carbocycles. The summed E-state index contributed by atoms with van der Waals surface area (Å²) in [5, 5.41) is 2.74. The molecule has 1 aliphatic rings. The minimum Gasteiger partial charge on any atom is -0.481 e. The van der Waals surface area contributed by atoms with Crippen molar-refractivity contribution in [3.05, 3.63) is 48.0 Å². The molecule has 0 bridgehead atoms. The highest BCUT2D eigenvalue weighted by molar-refractivity contribution is 7.88. The smallest absolute Gasteiger partial charge is 0.265 e. The maximum Gasteiger partial charge on any atom is 0.265 e. The summed E-state index contributed by atoms with van der Waals surface area (Å²) in [4.78, 5) is 12.5. The molecule has 1 heterocycles. The third kappa shape index (κ3) is 6.09. The molecule has 162 valence electrons. The summed E-state index contributed by atoms with van der Waals surface area (Å²) in [6.07, 6.45) is -0.784. The van der Waals surface area contributed by atoms with E-state index in [1.54, 1.807) is 49.4 Å². The Morgan fingerprint density at radius 2 is 1.97 bits per heavy atom. The number of rotatable bonds is 10. The average molecular weight is 436 g/mol. The van der Waals surface area contributed by atoms with Gasteiger partial charge in [-0.1, -0.05) is 12.1 Å². The molecule has 0 fully saturated rings. The maximum atomic E-state index is 12.5. The van der Waals surface area contributed by atoms with Gasteiger partial charge in [0, 0.05) is 25.4 Å². The molecule has 0 saturated carbocycles. The number of hydrogen-bond acceptors (Lipinski definition) is 7. The van der Waals surface area contributed by atoms with E-state index in [-0.39, 0.29) is 31.6 Å². The van der Waals surface area contributed by atoms with Gasteiger partial charge >= 0.3 is 0 Å². The molecule has 3 rings (SSSR count). The molecule has 0 unspecified atom stereocenters. The van der Waals surface area contributed by atoms with Crippen LogP contribution in [-0.2, 0) is 25.3 Å². The number of amides is 1. The Morgan fingerprint density at radius 3 is 2.77 bits per heavy atom. The van der Waals surface area contributed by atoms with E-state index in [1.807, 2.05) is 0 Å². The standard InChI is InChI=1S/C20H24N2O7S/c1-14(29-17-6-7-18-19(11-17)28-13-27-18)20(23)22-16-5-3-4-15(10-16)12-30(24,25)21-8-9-26-2/h3-7,10-11,14,21H,8-9,12-13H2,1-2H3,(H,22,23)/t14-/m1/s1. The van der Waals surface area contributed by atoms with E-state index >= 15 is 0 Å². The third-order valence-corrected chi connectivity index (χ3v) is 5.56. The molecule has 30 heavy (non-hydrogen) atoms. The van der Waals surface area contributed by atoms with Crippen molar-refractivity contribution < 1.29 is 32.2 Å². The predicted molar refractivity (Wildman–Crippen MR) is 110 cm³/mol. The zero-order chi connectivity index (χ0) is 21.6. The summed E-state index contributed by atoms with van der Waals surface area (Å²) in [5.41, 5.74) is 1.02. The highest BCUT2D eigenvalue weighted by Gasteiger charge is 2.19. The van der Waals surface area contributed by atoms with Gasteiger partial charge < -0.3 is 24.3 Å². The van der Waals surface area contributed by atoms with Gasteiger partial charge in [-0.15, -0.1) is 0 Å². The lowest BCUT2D eigenvalue weighted by Gasteiger charge is -2.15. The van der Waals surface area contributed by atoms with E-state index in [4.69, 9.17) is 18.9 Å². The quantitative estimate of drug-likeness (QED) is 0.547. The van der Waals surface area contributed by atoms with Crippen LogP contribution in [0.4, 0.5) is 5.69 Å². The first-order valence-electron chi connectivity index (χ1n) is 9.29. The fourth-order valence-electron chi connectivity index (χ4n) is 2.76. The molecular formula is C20H24N2O7S. The van der Waals surface area contributed by atoms with Gasteiger partial charge in [0.2, 0.25) is 16.8 Å². The van der Waals surface area contributed by atoms with Crippen molar-refractivity contribution in [3.8, 4) is 17.2 Å². The molecule has 1 aliphatic heterocycles. The van der Waals surface area contributed by atoms with Crippen LogP contribution in [0.5, 0.6) is 17.2 Å². The molecule has 0 spiro atoms. The fourth-order valence-corrected chi connectivity index (χ4v) is 3.88. The molecule has 0 saturated heterocycles. The maximum absolute atomic E-state index is 12.5. The lowest BCUT2D eigenvalue weighted by atomic mass is 10.2. The van der Waals surface area contributed by atoms with Gasteiger partial charge in [0.15, 0.2) is 17.6 Å². The second-order valence-electron chi connectivity index (χ2n) is 6.61. The first-order valence-corrected chi connectivity index (χ1v) is 10.9. The molecule has 0 radical (unpaired) electrons. The number of anilines is 1. The molecule has 2 N–H and O–H groups in total. The highest BCUT2D eigenvalue weighted by atomic mass is 32.2. The first kappa shape index (κ1) is 21.9. The molecule has 1 atom stereocenters. The second-order valence-corrected chi connectivity index (χ2v) is 8.42. The van der Waals surface area contributed by atoms with Crippen LogP contribution in [0.2, 0.25) is 0 Å². The monoisotopic (exact) mass is 436 g/mol. The van der Waals surface area contributed by atoms with Crippen LogP contribution in [-0.4, -0.2) is 47.5 Å². The van der Waals surface area contributed by atoms with Gasteiger partial charge in [-0.05, 0) is 36.8 Å². The van der Waals surface area contributed by atoms with Crippen molar-refractivity contribution in [2.24, 2.45) is 0 Å².